The minimum absolute atomic E-state index is 0.0160. The second-order valence-corrected chi connectivity index (χ2v) is 5.67. The van der Waals surface area contributed by atoms with Crippen molar-refractivity contribution in [2.75, 3.05) is 24.2 Å². The number of rotatable bonds is 7. The van der Waals surface area contributed by atoms with E-state index in [0.29, 0.717) is 5.56 Å². The van der Waals surface area contributed by atoms with Crippen molar-refractivity contribution >= 4 is 23.4 Å². The average Bonchev–Trinajstić information content (AvgIpc) is 2.41. The molecule has 118 valence electrons. The minimum Gasteiger partial charge on any atom is -0.385 e. The van der Waals surface area contributed by atoms with Crippen molar-refractivity contribution < 1.29 is 18.0 Å². The van der Waals surface area contributed by atoms with Crippen LogP contribution in [0.2, 0.25) is 0 Å². The molecule has 0 aliphatic heterocycles. The van der Waals surface area contributed by atoms with Gasteiger partial charge in [0.15, 0.2) is 0 Å². The lowest BCUT2D eigenvalue weighted by Gasteiger charge is -2.11. The molecule has 0 aliphatic rings. The van der Waals surface area contributed by atoms with Crippen LogP contribution in [0.25, 0.3) is 0 Å². The molecule has 0 radical (unpaired) electrons. The Morgan fingerprint density at radius 2 is 2.00 bits per heavy atom. The molecule has 1 aromatic carbocycles. The summed E-state index contributed by atoms with van der Waals surface area (Å²) in [6, 6.07) is 5.20. The van der Waals surface area contributed by atoms with E-state index in [-0.39, 0.29) is 30.0 Å². The predicted molar refractivity (Wildman–Crippen MR) is 80.8 cm³/mol. The number of amides is 1. The smallest absolute Gasteiger partial charge is 0.385 e. The molecule has 0 heterocycles. The van der Waals surface area contributed by atoms with Crippen LogP contribution in [-0.4, -0.2) is 30.3 Å². The van der Waals surface area contributed by atoms with Crippen LogP contribution in [0.1, 0.15) is 29.3 Å². The summed E-state index contributed by atoms with van der Waals surface area (Å²) in [6.07, 6.45) is 0.999. The highest BCUT2D eigenvalue weighted by atomic mass is 32.2. The Morgan fingerprint density at radius 1 is 1.29 bits per heavy atom. The summed E-state index contributed by atoms with van der Waals surface area (Å²) in [5.74, 6) is -0.549. The molecular weight excluding hydrogens is 301 g/mol. The number of carbonyl (C=O) groups is 1. The van der Waals surface area contributed by atoms with Crippen LogP contribution in [0.3, 0.4) is 0 Å². The van der Waals surface area contributed by atoms with Gasteiger partial charge in [-0.05, 0) is 48.9 Å². The lowest BCUT2D eigenvalue weighted by molar-refractivity contribution is -0.0327. The van der Waals surface area contributed by atoms with E-state index >= 15 is 0 Å². The van der Waals surface area contributed by atoms with Crippen LogP contribution in [0.4, 0.5) is 18.9 Å². The summed E-state index contributed by atoms with van der Waals surface area (Å²) in [4.78, 5) is 11.8. The summed E-state index contributed by atoms with van der Waals surface area (Å²) < 4.78 is 35.8. The molecule has 0 aromatic heterocycles. The Morgan fingerprint density at radius 3 is 2.57 bits per heavy atom. The predicted octanol–water partition coefficient (Wildman–Crippen LogP) is 3.80. The lowest BCUT2D eigenvalue weighted by atomic mass is 10.1. The fourth-order valence-corrected chi connectivity index (χ4v) is 2.13. The normalized spacial score (nSPS) is 11.3. The third-order valence-corrected chi connectivity index (χ3v) is 3.44. The second kappa shape index (κ2) is 8.17. The molecule has 3 nitrogen and oxygen atoms in total. The van der Waals surface area contributed by atoms with Crippen molar-refractivity contribution in [3.8, 4) is 0 Å². The Hall–Kier alpha value is -1.37. The van der Waals surface area contributed by atoms with Crippen molar-refractivity contribution in [3.05, 3.63) is 29.3 Å². The molecular formula is C14H19F3N2OS. The van der Waals surface area contributed by atoms with E-state index in [4.69, 9.17) is 0 Å². The third-order valence-electron chi connectivity index (χ3n) is 2.71. The summed E-state index contributed by atoms with van der Waals surface area (Å²) in [5, 5.41) is 5.72. The van der Waals surface area contributed by atoms with Gasteiger partial charge in [-0.1, -0.05) is 6.92 Å². The summed E-state index contributed by atoms with van der Waals surface area (Å²) in [6.45, 7) is 4.77. The van der Waals surface area contributed by atoms with Crippen molar-refractivity contribution in [1.82, 2.24) is 5.32 Å². The van der Waals surface area contributed by atoms with E-state index in [0.717, 1.165) is 24.2 Å². The van der Waals surface area contributed by atoms with Crippen LogP contribution in [0.5, 0.6) is 0 Å². The van der Waals surface area contributed by atoms with Gasteiger partial charge in [-0.15, -0.1) is 0 Å². The van der Waals surface area contributed by atoms with Crippen LogP contribution < -0.4 is 10.6 Å². The van der Waals surface area contributed by atoms with Crippen LogP contribution >= 0.6 is 11.8 Å². The maximum Gasteiger partial charge on any atom is 0.441 e. The van der Waals surface area contributed by atoms with E-state index in [9.17, 15) is 18.0 Å². The zero-order valence-corrected chi connectivity index (χ0v) is 12.8. The summed E-state index contributed by atoms with van der Waals surface area (Å²) in [5.41, 5.74) is -1.91. The number of aryl methyl sites for hydroxylation is 1. The highest BCUT2D eigenvalue weighted by molar-refractivity contribution is 8.00. The van der Waals surface area contributed by atoms with E-state index in [1.807, 2.05) is 13.0 Å². The molecule has 0 atom stereocenters. The third kappa shape index (κ3) is 6.75. The summed E-state index contributed by atoms with van der Waals surface area (Å²) in [7, 11) is 0. The largest absolute Gasteiger partial charge is 0.441 e. The number of anilines is 1. The van der Waals surface area contributed by atoms with Crippen molar-refractivity contribution in [2.24, 2.45) is 0 Å². The zero-order chi connectivity index (χ0) is 15.9. The van der Waals surface area contributed by atoms with Gasteiger partial charge in [0.25, 0.3) is 5.91 Å². The molecule has 0 unspecified atom stereocenters. The Balaban J connectivity index is 2.49. The number of halogens is 3. The van der Waals surface area contributed by atoms with Gasteiger partial charge in [0.1, 0.15) is 0 Å². The van der Waals surface area contributed by atoms with Crippen molar-refractivity contribution in [2.45, 2.75) is 25.8 Å². The van der Waals surface area contributed by atoms with Crippen LogP contribution in [-0.2, 0) is 0 Å². The molecule has 7 heteroatoms. The first-order valence-corrected chi connectivity index (χ1v) is 7.65. The monoisotopic (exact) mass is 320 g/mol. The van der Waals surface area contributed by atoms with Crippen LogP contribution in [0, 0.1) is 6.92 Å². The maximum absolute atomic E-state index is 11.9. The molecule has 0 saturated carbocycles. The van der Waals surface area contributed by atoms with Gasteiger partial charge >= 0.3 is 5.51 Å². The molecule has 1 aromatic rings. The molecule has 0 aliphatic carbocycles. The highest BCUT2D eigenvalue weighted by Gasteiger charge is 2.27. The van der Waals surface area contributed by atoms with Gasteiger partial charge in [-0.2, -0.15) is 13.2 Å². The fourth-order valence-electron chi connectivity index (χ4n) is 1.70. The number of nitrogens with one attached hydrogen (secondary N) is 2. The molecule has 1 rings (SSSR count). The number of hydrogen-bond acceptors (Lipinski definition) is 3. The summed E-state index contributed by atoms with van der Waals surface area (Å²) >= 11 is -0.139. The standard InChI is InChI=1S/C14H19F3N2OS/c1-3-6-18-12-5-4-11(9-10(12)2)13(20)19-7-8-21-14(15,16)17/h4-5,9,18H,3,6-8H2,1-2H3,(H,19,20). The number of alkyl halides is 3. The van der Waals surface area contributed by atoms with Crippen LogP contribution in [0.15, 0.2) is 18.2 Å². The van der Waals surface area contributed by atoms with Gasteiger partial charge < -0.3 is 10.6 Å². The maximum atomic E-state index is 11.9. The van der Waals surface area contributed by atoms with E-state index < -0.39 is 5.51 Å². The first-order valence-electron chi connectivity index (χ1n) is 6.67. The van der Waals surface area contributed by atoms with E-state index in [2.05, 4.69) is 17.6 Å². The number of benzene rings is 1. The molecule has 0 saturated heterocycles. The molecule has 1 amide bonds. The van der Waals surface area contributed by atoms with Gasteiger partial charge in [0, 0.05) is 30.1 Å². The van der Waals surface area contributed by atoms with Crippen molar-refractivity contribution in [1.29, 1.82) is 0 Å². The highest BCUT2D eigenvalue weighted by Crippen LogP contribution is 2.29. The lowest BCUT2D eigenvalue weighted by Crippen LogP contribution is -2.26. The van der Waals surface area contributed by atoms with E-state index in [1.54, 1.807) is 12.1 Å². The average molecular weight is 320 g/mol. The van der Waals surface area contributed by atoms with E-state index in [1.165, 1.54) is 0 Å². The quantitative estimate of drug-likeness (QED) is 0.751. The number of carbonyl (C=O) groups excluding carboxylic acids is 1. The second-order valence-electron chi connectivity index (χ2n) is 4.51. The zero-order valence-electron chi connectivity index (χ0n) is 12.0. The topological polar surface area (TPSA) is 41.1 Å². The van der Waals surface area contributed by atoms with Gasteiger partial charge in [0.05, 0.1) is 0 Å². The van der Waals surface area contributed by atoms with Gasteiger partial charge in [-0.3, -0.25) is 4.79 Å². The number of thioether (sulfide) groups is 1. The Kier molecular flexibility index (Phi) is 6.87. The van der Waals surface area contributed by atoms with Gasteiger partial charge in [0.2, 0.25) is 0 Å². The molecule has 21 heavy (non-hydrogen) atoms. The SMILES string of the molecule is CCCNc1ccc(C(=O)NCCSC(F)(F)F)cc1C. The molecule has 0 fully saturated rings. The van der Waals surface area contributed by atoms with Crippen molar-refractivity contribution in [3.63, 3.8) is 0 Å². The number of hydrogen-bond donors (Lipinski definition) is 2. The van der Waals surface area contributed by atoms with Gasteiger partial charge in [-0.25, -0.2) is 0 Å². The minimum atomic E-state index is -4.26. The fraction of sp³-hybridized carbons (Fsp3) is 0.500. The first-order chi connectivity index (χ1) is 9.83. The first kappa shape index (κ1) is 17.7. The molecule has 0 bridgehead atoms. The Labute approximate surface area is 126 Å². The molecule has 2 N–H and O–H groups in total. The Bertz CT molecular complexity index is 478. The molecule has 0 spiro atoms.